The standard InChI is InChI=1S/C11H21NO5S/c1-17-8-4-5-9-18(15,16)12-7-3-2-6-10(12)11(13)14/h10H,2-9H2,1H3,(H,13,14). The van der Waals surface area contributed by atoms with E-state index in [0.29, 0.717) is 32.4 Å². The molecule has 0 amide bonds. The number of ether oxygens (including phenoxy) is 1. The largest absolute Gasteiger partial charge is 0.480 e. The van der Waals surface area contributed by atoms with Crippen LogP contribution in [0.25, 0.3) is 0 Å². The third kappa shape index (κ3) is 4.22. The minimum atomic E-state index is -3.46. The molecule has 1 aliphatic rings. The van der Waals surface area contributed by atoms with Crippen molar-refractivity contribution in [3.05, 3.63) is 0 Å². The molecule has 1 fully saturated rings. The van der Waals surface area contributed by atoms with E-state index >= 15 is 0 Å². The molecule has 0 aromatic carbocycles. The highest BCUT2D eigenvalue weighted by molar-refractivity contribution is 7.89. The van der Waals surface area contributed by atoms with Gasteiger partial charge in [0.15, 0.2) is 0 Å². The number of hydrogen-bond acceptors (Lipinski definition) is 4. The third-order valence-corrected chi connectivity index (χ3v) is 5.05. The fourth-order valence-electron chi connectivity index (χ4n) is 2.13. The van der Waals surface area contributed by atoms with Crippen LogP contribution in [0.4, 0.5) is 0 Å². The van der Waals surface area contributed by atoms with E-state index in [-0.39, 0.29) is 5.75 Å². The number of rotatable bonds is 7. The number of piperidine rings is 1. The van der Waals surface area contributed by atoms with Crippen molar-refractivity contribution in [2.75, 3.05) is 26.0 Å². The summed E-state index contributed by atoms with van der Waals surface area (Å²) in [5.41, 5.74) is 0. The van der Waals surface area contributed by atoms with E-state index in [1.807, 2.05) is 0 Å². The Hall–Kier alpha value is -0.660. The Morgan fingerprint density at radius 3 is 2.72 bits per heavy atom. The van der Waals surface area contributed by atoms with Crippen LogP contribution >= 0.6 is 0 Å². The van der Waals surface area contributed by atoms with Crippen LogP contribution in [0.1, 0.15) is 32.1 Å². The van der Waals surface area contributed by atoms with Crippen molar-refractivity contribution in [3.8, 4) is 0 Å². The van der Waals surface area contributed by atoms with Gasteiger partial charge in [-0.3, -0.25) is 4.79 Å². The average molecular weight is 279 g/mol. The number of carbonyl (C=O) groups is 1. The molecule has 106 valence electrons. The molecule has 0 spiro atoms. The Morgan fingerprint density at radius 1 is 1.39 bits per heavy atom. The normalized spacial score (nSPS) is 21.9. The van der Waals surface area contributed by atoms with Crippen LogP contribution < -0.4 is 0 Å². The third-order valence-electron chi connectivity index (χ3n) is 3.10. The zero-order valence-electron chi connectivity index (χ0n) is 10.7. The number of hydrogen-bond donors (Lipinski definition) is 1. The fourth-order valence-corrected chi connectivity index (χ4v) is 3.93. The summed E-state index contributed by atoms with van der Waals surface area (Å²) in [6.45, 7) is 0.849. The summed E-state index contributed by atoms with van der Waals surface area (Å²) >= 11 is 0. The number of carboxylic acid groups (broad SMARTS) is 1. The van der Waals surface area contributed by atoms with E-state index in [1.165, 1.54) is 0 Å². The molecule has 0 aromatic rings. The van der Waals surface area contributed by atoms with Crippen molar-refractivity contribution in [1.82, 2.24) is 4.31 Å². The van der Waals surface area contributed by atoms with Gasteiger partial charge in [-0.2, -0.15) is 4.31 Å². The lowest BCUT2D eigenvalue weighted by Crippen LogP contribution is -2.48. The topological polar surface area (TPSA) is 83.9 Å². The molecule has 1 rings (SSSR count). The van der Waals surface area contributed by atoms with Crippen molar-refractivity contribution < 1.29 is 23.1 Å². The lowest BCUT2D eigenvalue weighted by atomic mass is 10.1. The van der Waals surface area contributed by atoms with Gasteiger partial charge in [0.25, 0.3) is 0 Å². The maximum Gasteiger partial charge on any atom is 0.322 e. The predicted octanol–water partition coefficient (Wildman–Crippen LogP) is 0.682. The molecular weight excluding hydrogens is 258 g/mol. The highest BCUT2D eigenvalue weighted by Gasteiger charge is 2.36. The number of methoxy groups -OCH3 is 1. The summed E-state index contributed by atoms with van der Waals surface area (Å²) in [6, 6.07) is -0.883. The second kappa shape index (κ2) is 7.06. The van der Waals surface area contributed by atoms with Crippen LogP contribution in [0.3, 0.4) is 0 Å². The summed E-state index contributed by atoms with van der Waals surface area (Å²) in [5, 5.41) is 9.06. The van der Waals surface area contributed by atoms with Crippen LogP contribution in [-0.2, 0) is 19.6 Å². The molecule has 0 bridgehead atoms. The summed E-state index contributed by atoms with van der Waals surface area (Å²) in [4.78, 5) is 11.1. The maximum absolute atomic E-state index is 12.1. The summed E-state index contributed by atoms with van der Waals surface area (Å²) in [5.74, 6) is -1.05. The van der Waals surface area contributed by atoms with Crippen molar-refractivity contribution in [3.63, 3.8) is 0 Å². The molecule has 1 N–H and O–H groups in total. The summed E-state index contributed by atoms with van der Waals surface area (Å²) in [7, 11) is -1.89. The zero-order chi connectivity index (χ0) is 13.6. The molecule has 6 nitrogen and oxygen atoms in total. The monoisotopic (exact) mass is 279 g/mol. The number of carboxylic acids is 1. The van der Waals surface area contributed by atoms with Gasteiger partial charge in [-0.15, -0.1) is 0 Å². The lowest BCUT2D eigenvalue weighted by Gasteiger charge is -2.31. The first-order valence-corrected chi connectivity index (χ1v) is 7.81. The molecule has 0 radical (unpaired) electrons. The average Bonchev–Trinajstić information content (AvgIpc) is 2.35. The van der Waals surface area contributed by atoms with Crippen LogP contribution in [0.2, 0.25) is 0 Å². The molecule has 18 heavy (non-hydrogen) atoms. The van der Waals surface area contributed by atoms with Gasteiger partial charge in [0.05, 0.1) is 5.75 Å². The van der Waals surface area contributed by atoms with Crippen molar-refractivity contribution in [2.45, 2.75) is 38.1 Å². The molecule has 1 unspecified atom stereocenters. The lowest BCUT2D eigenvalue weighted by molar-refractivity contribution is -0.142. The van der Waals surface area contributed by atoms with Gasteiger partial charge in [-0.25, -0.2) is 8.42 Å². The Kier molecular flexibility index (Phi) is 6.04. The van der Waals surface area contributed by atoms with Gasteiger partial charge in [0.2, 0.25) is 10.0 Å². The van der Waals surface area contributed by atoms with Crippen molar-refractivity contribution >= 4 is 16.0 Å². The van der Waals surface area contributed by atoms with E-state index in [9.17, 15) is 13.2 Å². The number of nitrogens with zero attached hydrogens (tertiary/aromatic N) is 1. The second-order valence-corrected chi connectivity index (χ2v) is 6.52. The first-order chi connectivity index (χ1) is 8.49. The van der Waals surface area contributed by atoms with Crippen LogP contribution in [0, 0.1) is 0 Å². The van der Waals surface area contributed by atoms with Crippen LogP contribution in [0.15, 0.2) is 0 Å². The van der Waals surface area contributed by atoms with E-state index in [4.69, 9.17) is 9.84 Å². The number of sulfonamides is 1. The Labute approximate surface area is 108 Å². The zero-order valence-corrected chi connectivity index (χ0v) is 11.5. The Morgan fingerprint density at radius 2 is 2.11 bits per heavy atom. The van der Waals surface area contributed by atoms with Gasteiger partial charge in [0.1, 0.15) is 6.04 Å². The van der Waals surface area contributed by atoms with Gasteiger partial charge >= 0.3 is 5.97 Å². The molecule has 1 saturated heterocycles. The van der Waals surface area contributed by atoms with Gasteiger partial charge < -0.3 is 9.84 Å². The smallest absolute Gasteiger partial charge is 0.322 e. The molecule has 1 heterocycles. The van der Waals surface area contributed by atoms with Crippen LogP contribution in [-0.4, -0.2) is 55.9 Å². The highest BCUT2D eigenvalue weighted by Crippen LogP contribution is 2.21. The number of unbranched alkanes of at least 4 members (excludes halogenated alkanes) is 1. The number of aliphatic carboxylic acids is 1. The Balaban J connectivity index is 2.60. The minimum Gasteiger partial charge on any atom is -0.480 e. The second-order valence-electron chi connectivity index (χ2n) is 4.48. The van der Waals surface area contributed by atoms with Gasteiger partial charge in [0, 0.05) is 20.3 Å². The summed E-state index contributed by atoms with van der Waals surface area (Å²) in [6.07, 6.45) is 3.08. The molecular formula is C11H21NO5S. The first kappa shape index (κ1) is 15.4. The van der Waals surface area contributed by atoms with E-state index in [0.717, 1.165) is 17.1 Å². The summed E-state index contributed by atoms with van der Waals surface area (Å²) < 4.78 is 30.2. The SMILES string of the molecule is COCCCCS(=O)(=O)N1CCCCC1C(=O)O. The van der Waals surface area contributed by atoms with E-state index < -0.39 is 22.0 Å². The van der Waals surface area contributed by atoms with E-state index in [1.54, 1.807) is 7.11 Å². The molecule has 7 heteroatoms. The van der Waals surface area contributed by atoms with Gasteiger partial charge in [-0.1, -0.05) is 0 Å². The first-order valence-electron chi connectivity index (χ1n) is 6.20. The molecule has 1 atom stereocenters. The van der Waals surface area contributed by atoms with Gasteiger partial charge in [-0.05, 0) is 32.1 Å². The minimum absolute atomic E-state index is 0.000139. The molecule has 0 saturated carbocycles. The quantitative estimate of drug-likeness (QED) is 0.693. The highest BCUT2D eigenvalue weighted by atomic mass is 32.2. The maximum atomic E-state index is 12.1. The predicted molar refractivity (Wildman–Crippen MR) is 66.9 cm³/mol. The molecule has 1 aliphatic heterocycles. The van der Waals surface area contributed by atoms with Crippen molar-refractivity contribution in [1.29, 1.82) is 0 Å². The van der Waals surface area contributed by atoms with Crippen molar-refractivity contribution in [2.24, 2.45) is 0 Å². The molecule has 0 aromatic heterocycles. The molecule has 0 aliphatic carbocycles. The van der Waals surface area contributed by atoms with E-state index in [2.05, 4.69) is 0 Å². The fraction of sp³-hybridized carbons (Fsp3) is 0.909. The Bertz CT molecular complexity index is 368. The van der Waals surface area contributed by atoms with Crippen LogP contribution in [0.5, 0.6) is 0 Å².